The fraction of sp³-hybridized carbons (Fsp3) is 0.571. The number of ether oxygens (including phenoxy) is 1. The highest BCUT2D eigenvalue weighted by Crippen LogP contribution is 2.24. The molecule has 1 saturated heterocycles. The van der Waals surface area contributed by atoms with Gasteiger partial charge in [0.05, 0.1) is 17.5 Å². The average molecular weight is 283 g/mol. The molecule has 0 spiro atoms. The maximum atomic E-state index is 12.4. The predicted octanol–water partition coefficient (Wildman–Crippen LogP) is 2.25. The summed E-state index contributed by atoms with van der Waals surface area (Å²) in [6, 6.07) is 5.78. The molecule has 4 nitrogen and oxygen atoms in total. The Kier molecular flexibility index (Phi) is 4.16. The number of nitrogens with zero attached hydrogens (tertiary/aromatic N) is 1. The lowest BCUT2D eigenvalue weighted by molar-refractivity contribution is 0.127. The second kappa shape index (κ2) is 5.51. The van der Waals surface area contributed by atoms with Crippen LogP contribution in [0.4, 0.5) is 5.69 Å². The van der Waals surface area contributed by atoms with Gasteiger partial charge in [0, 0.05) is 13.7 Å². The topological polar surface area (TPSA) is 46.6 Å². The van der Waals surface area contributed by atoms with E-state index in [9.17, 15) is 8.42 Å². The second-order valence-electron chi connectivity index (χ2n) is 5.17. The fourth-order valence-corrected chi connectivity index (χ4v) is 3.89. The first kappa shape index (κ1) is 14.3. The summed E-state index contributed by atoms with van der Waals surface area (Å²) in [6.07, 6.45) is 1.63. The molecule has 0 bridgehead atoms. The van der Waals surface area contributed by atoms with Gasteiger partial charge >= 0.3 is 0 Å². The molecule has 1 fully saturated rings. The minimum atomic E-state index is -3.32. The first-order valence-electron chi connectivity index (χ1n) is 6.55. The minimum absolute atomic E-state index is 0.0663. The highest BCUT2D eigenvalue weighted by atomic mass is 32.2. The van der Waals surface area contributed by atoms with Gasteiger partial charge in [-0.25, -0.2) is 8.42 Å². The second-order valence-corrected chi connectivity index (χ2v) is 7.22. The number of aryl methyl sites for hydroxylation is 2. The monoisotopic (exact) mass is 283 g/mol. The normalized spacial score (nSPS) is 19.6. The van der Waals surface area contributed by atoms with E-state index in [1.54, 1.807) is 7.05 Å². The Bertz CT molecular complexity index is 548. The number of rotatable bonds is 4. The number of hydrogen-bond donors (Lipinski definition) is 0. The summed E-state index contributed by atoms with van der Waals surface area (Å²) < 4.78 is 31.5. The summed E-state index contributed by atoms with van der Waals surface area (Å²) in [4.78, 5) is 0. The van der Waals surface area contributed by atoms with Gasteiger partial charge in [0.1, 0.15) is 0 Å². The Labute approximate surface area is 115 Å². The quantitative estimate of drug-likeness (QED) is 0.851. The fourth-order valence-electron chi connectivity index (χ4n) is 2.43. The molecule has 0 radical (unpaired) electrons. The van der Waals surface area contributed by atoms with E-state index in [0.29, 0.717) is 6.61 Å². The van der Waals surface area contributed by atoms with Crippen molar-refractivity contribution in [3.63, 3.8) is 0 Å². The van der Waals surface area contributed by atoms with Crippen molar-refractivity contribution in [3.05, 3.63) is 29.3 Å². The molecule has 0 amide bonds. The van der Waals surface area contributed by atoms with Crippen molar-refractivity contribution in [2.75, 3.05) is 23.7 Å². The third-order valence-electron chi connectivity index (χ3n) is 3.53. The Morgan fingerprint density at radius 2 is 2.11 bits per heavy atom. The van der Waals surface area contributed by atoms with Gasteiger partial charge in [-0.05, 0) is 38.3 Å². The van der Waals surface area contributed by atoms with E-state index in [0.717, 1.165) is 29.7 Å². The van der Waals surface area contributed by atoms with Crippen molar-refractivity contribution in [2.45, 2.75) is 32.8 Å². The lowest BCUT2D eigenvalue weighted by atomic mass is 10.1. The summed E-state index contributed by atoms with van der Waals surface area (Å²) in [7, 11) is -1.71. The largest absolute Gasteiger partial charge is 0.377 e. The predicted molar refractivity (Wildman–Crippen MR) is 77.1 cm³/mol. The summed E-state index contributed by atoms with van der Waals surface area (Å²) in [6.45, 7) is 4.60. The molecule has 0 unspecified atom stereocenters. The minimum Gasteiger partial charge on any atom is -0.377 e. The van der Waals surface area contributed by atoms with Crippen LogP contribution in [0.1, 0.15) is 24.0 Å². The van der Waals surface area contributed by atoms with Crippen LogP contribution < -0.4 is 4.31 Å². The van der Waals surface area contributed by atoms with Crippen molar-refractivity contribution in [1.82, 2.24) is 0 Å². The van der Waals surface area contributed by atoms with Crippen molar-refractivity contribution in [1.29, 1.82) is 0 Å². The molecule has 1 aromatic carbocycles. The van der Waals surface area contributed by atoms with Crippen molar-refractivity contribution >= 4 is 15.7 Å². The highest BCUT2D eigenvalue weighted by molar-refractivity contribution is 7.92. The molecule has 19 heavy (non-hydrogen) atoms. The maximum absolute atomic E-state index is 12.4. The molecule has 1 aliphatic rings. The molecule has 0 saturated carbocycles. The van der Waals surface area contributed by atoms with E-state index in [1.165, 1.54) is 4.31 Å². The summed E-state index contributed by atoms with van der Waals surface area (Å²) in [5.74, 6) is 0.0663. The van der Waals surface area contributed by atoms with E-state index in [-0.39, 0.29) is 11.9 Å². The molecule has 1 aromatic rings. The van der Waals surface area contributed by atoms with E-state index in [1.807, 2.05) is 32.0 Å². The zero-order chi connectivity index (χ0) is 14.0. The smallest absolute Gasteiger partial charge is 0.237 e. The molecular formula is C14H21NO3S. The molecule has 0 aliphatic carbocycles. The zero-order valence-corrected chi connectivity index (χ0v) is 12.5. The molecule has 5 heteroatoms. The van der Waals surface area contributed by atoms with Crippen molar-refractivity contribution in [3.8, 4) is 0 Å². The standard InChI is InChI=1S/C14H21NO3S/c1-11-6-7-14(12(2)9-11)15(3)19(16,17)10-13-5-4-8-18-13/h6-7,9,13H,4-5,8,10H2,1-3H3/t13-/m0/s1. The van der Waals surface area contributed by atoms with Gasteiger partial charge in [-0.15, -0.1) is 0 Å². The van der Waals surface area contributed by atoms with Crippen LogP contribution in [0.3, 0.4) is 0 Å². The average Bonchev–Trinajstić information content (AvgIpc) is 2.80. The van der Waals surface area contributed by atoms with Crippen LogP contribution in [-0.4, -0.2) is 33.9 Å². The molecule has 2 rings (SSSR count). The van der Waals surface area contributed by atoms with E-state index < -0.39 is 10.0 Å². The SMILES string of the molecule is Cc1ccc(N(C)S(=O)(=O)C[C@@H]2CCCO2)c(C)c1. The van der Waals surface area contributed by atoms with Gasteiger partial charge < -0.3 is 4.74 Å². The summed E-state index contributed by atoms with van der Waals surface area (Å²) in [5, 5.41) is 0. The third-order valence-corrected chi connectivity index (χ3v) is 5.35. The van der Waals surface area contributed by atoms with Crippen LogP contribution in [0.25, 0.3) is 0 Å². The third kappa shape index (κ3) is 3.28. The van der Waals surface area contributed by atoms with Crippen LogP contribution in [0, 0.1) is 13.8 Å². The number of hydrogen-bond acceptors (Lipinski definition) is 3. The Morgan fingerprint density at radius 1 is 1.37 bits per heavy atom. The van der Waals surface area contributed by atoms with Crippen LogP contribution in [0.15, 0.2) is 18.2 Å². The molecular weight excluding hydrogens is 262 g/mol. The Balaban J connectivity index is 2.19. The van der Waals surface area contributed by atoms with E-state index >= 15 is 0 Å². The van der Waals surface area contributed by atoms with Crippen molar-refractivity contribution in [2.24, 2.45) is 0 Å². The van der Waals surface area contributed by atoms with Gasteiger partial charge in [0.15, 0.2) is 0 Å². The first-order valence-corrected chi connectivity index (χ1v) is 8.16. The van der Waals surface area contributed by atoms with Crippen LogP contribution >= 0.6 is 0 Å². The summed E-state index contributed by atoms with van der Waals surface area (Å²) >= 11 is 0. The Morgan fingerprint density at radius 3 is 2.68 bits per heavy atom. The summed E-state index contributed by atoms with van der Waals surface area (Å²) in [5.41, 5.74) is 2.84. The molecule has 0 N–H and O–H groups in total. The van der Waals surface area contributed by atoms with E-state index in [2.05, 4.69) is 0 Å². The van der Waals surface area contributed by atoms with Gasteiger partial charge in [0.2, 0.25) is 10.0 Å². The van der Waals surface area contributed by atoms with Gasteiger partial charge in [-0.3, -0.25) is 4.31 Å². The Hall–Kier alpha value is -1.07. The molecule has 1 aliphatic heterocycles. The highest BCUT2D eigenvalue weighted by Gasteiger charge is 2.27. The van der Waals surface area contributed by atoms with E-state index in [4.69, 9.17) is 4.74 Å². The maximum Gasteiger partial charge on any atom is 0.237 e. The van der Waals surface area contributed by atoms with Gasteiger partial charge in [-0.1, -0.05) is 17.7 Å². The zero-order valence-electron chi connectivity index (χ0n) is 11.7. The van der Waals surface area contributed by atoms with Crippen molar-refractivity contribution < 1.29 is 13.2 Å². The van der Waals surface area contributed by atoms with Gasteiger partial charge in [0.25, 0.3) is 0 Å². The molecule has 106 valence electrons. The lowest BCUT2D eigenvalue weighted by Crippen LogP contribution is -2.34. The van der Waals surface area contributed by atoms with Crippen LogP contribution in [0.5, 0.6) is 0 Å². The number of sulfonamides is 1. The first-order chi connectivity index (χ1) is 8.90. The molecule has 1 atom stereocenters. The number of anilines is 1. The van der Waals surface area contributed by atoms with Crippen LogP contribution in [-0.2, 0) is 14.8 Å². The number of benzene rings is 1. The van der Waals surface area contributed by atoms with Gasteiger partial charge in [-0.2, -0.15) is 0 Å². The molecule has 0 aromatic heterocycles. The molecule has 1 heterocycles. The van der Waals surface area contributed by atoms with Crippen LogP contribution in [0.2, 0.25) is 0 Å². The lowest BCUT2D eigenvalue weighted by Gasteiger charge is -2.23.